The smallest absolute Gasteiger partial charge is 0.416 e. The SMILES string of the molecule is COc1cc(C(=O)N2CCC(CCN3CCC(C(N)=O)(c4ccccc4)CC3)(c3ccc(C(F)(F)F)cc3)C2)cc(OC)c1OC. The van der Waals surface area contributed by atoms with Crippen LogP contribution in [0.5, 0.6) is 17.2 Å². The molecule has 2 amide bonds. The molecule has 246 valence electrons. The highest BCUT2D eigenvalue weighted by atomic mass is 19.4. The predicted octanol–water partition coefficient (Wildman–Crippen LogP) is 5.42. The number of carbonyl (C=O) groups is 2. The summed E-state index contributed by atoms with van der Waals surface area (Å²) in [4.78, 5) is 30.5. The number of nitrogens with two attached hydrogens (primary N) is 1. The number of carbonyl (C=O) groups excluding carboxylic acids is 2. The van der Waals surface area contributed by atoms with E-state index in [-0.39, 0.29) is 11.8 Å². The Hall–Kier alpha value is -4.25. The van der Waals surface area contributed by atoms with Crippen LogP contribution in [-0.2, 0) is 21.8 Å². The van der Waals surface area contributed by atoms with Crippen molar-refractivity contribution in [1.82, 2.24) is 9.80 Å². The number of benzene rings is 3. The van der Waals surface area contributed by atoms with Crippen LogP contribution in [0.2, 0.25) is 0 Å². The molecule has 1 unspecified atom stereocenters. The minimum absolute atomic E-state index is 0.236. The van der Waals surface area contributed by atoms with Gasteiger partial charge in [0.15, 0.2) is 11.5 Å². The first kappa shape index (κ1) is 33.1. The number of methoxy groups -OCH3 is 3. The van der Waals surface area contributed by atoms with Crippen molar-refractivity contribution in [3.8, 4) is 17.2 Å². The van der Waals surface area contributed by atoms with E-state index >= 15 is 0 Å². The number of rotatable bonds is 10. The highest BCUT2D eigenvalue weighted by molar-refractivity contribution is 5.96. The number of amides is 2. The molecule has 46 heavy (non-hydrogen) atoms. The van der Waals surface area contributed by atoms with Crippen molar-refractivity contribution in [2.75, 3.05) is 54.1 Å². The number of nitrogens with zero attached hydrogens (tertiary/aromatic N) is 2. The molecule has 11 heteroatoms. The van der Waals surface area contributed by atoms with Gasteiger partial charge in [0.05, 0.1) is 32.3 Å². The highest BCUT2D eigenvalue weighted by Gasteiger charge is 2.45. The van der Waals surface area contributed by atoms with Crippen LogP contribution in [0.1, 0.15) is 52.7 Å². The van der Waals surface area contributed by atoms with E-state index in [2.05, 4.69) is 4.90 Å². The highest BCUT2D eigenvalue weighted by Crippen LogP contribution is 2.43. The maximum atomic E-state index is 13.8. The molecular formula is C35H40F3N3O5. The van der Waals surface area contributed by atoms with Crippen molar-refractivity contribution >= 4 is 11.8 Å². The topological polar surface area (TPSA) is 94.3 Å². The van der Waals surface area contributed by atoms with Gasteiger partial charge in [-0.05, 0) is 80.7 Å². The fourth-order valence-corrected chi connectivity index (χ4v) is 6.99. The molecule has 2 aliphatic rings. The van der Waals surface area contributed by atoms with Gasteiger partial charge in [0.1, 0.15) is 0 Å². The number of primary amides is 1. The molecule has 0 bridgehead atoms. The van der Waals surface area contributed by atoms with E-state index in [0.717, 1.165) is 23.3 Å². The summed E-state index contributed by atoms with van der Waals surface area (Å²) in [7, 11) is 4.44. The van der Waals surface area contributed by atoms with Crippen molar-refractivity contribution < 1.29 is 37.0 Å². The molecule has 8 nitrogen and oxygen atoms in total. The first-order chi connectivity index (χ1) is 22.0. The molecule has 1 atom stereocenters. The Kier molecular flexibility index (Phi) is 9.53. The van der Waals surface area contributed by atoms with E-state index in [0.29, 0.717) is 81.2 Å². The molecule has 5 rings (SSSR count). The zero-order chi connectivity index (χ0) is 33.1. The fraction of sp³-hybridized carbons (Fsp3) is 0.429. The minimum Gasteiger partial charge on any atom is -0.493 e. The van der Waals surface area contributed by atoms with Crippen molar-refractivity contribution in [2.24, 2.45) is 5.73 Å². The molecule has 2 aliphatic heterocycles. The van der Waals surface area contributed by atoms with Crippen molar-refractivity contribution in [3.63, 3.8) is 0 Å². The third kappa shape index (κ3) is 6.38. The van der Waals surface area contributed by atoms with Gasteiger partial charge in [-0.25, -0.2) is 0 Å². The van der Waals surface area contributed by atoms with E-state index < -0.39 is 22.6 Å². The normalized spacial score (nSPS) is 19.9. The molecule has 2 saturated heterocycles. The summed E-state index contributed by atoms with van der Waals surface area (Å²) in [6.45, 7) is 2.70. The van der Waals surface area contributed by atoms with Crippen LogP contribution in [0, 0.1) is 0 Å². The lowest BCUT2D eigenvalue weighted by Crippen LogP contribution is -2.50. The van der Waals surface area contributed by atoms with Crippen molar-refractivity contribution in [1.29, 1.82) is 0 Å². The molecule has 0 aromatic heterocycles. The summed E-state index contributed by atoms with van der Waals surface area (Å²) in [5.74, 6) is 0.504. The first-order valence-corrected chi connectivity index (χ1v) is 15.3. The summed E-state index contributed by atoms with van der Waals surface area (Å²) in [5, 5.41) is 0. The van der Waals surface area contributed by atoms with Crippen LogP contribution in [0.25, 0.3) is 0 Å². The summed E-state index contributed by atoms with van der Waals surface area (Å²) >= 11 is 0. The molecule has 2 fully saturated rings. The molecule has 0 spiro atoms. The number of hydrogen-bond donors (Lipinski definition) is 1. The number of likely N-dealkylation sites (tertiary alicyclic amines) is 2. The maximum Gasteiger partial charge on any atom is 0.416 e. The average Bonchev–Trinajstić information content (AvgIpc) is 3.52. The predicted molar refractivity (Wildman–Crippen MR) is 167 cm³/mol. The summed E-state index contributed by atoms with van der Waals surface area (Å²) in [5.41, 5.74) is 5.95. The van der Waals surface area contributed by atoms with Crippen LogP contribution in [0.3, 0.4) is 0 Å². The molecule has 2 N–H and O–H groups in total. The number of ether oxygens (including phenoxy) is 3. The Morgan fingerprint density at radius 3 is 1.96 bits per heavy atom. The summed E-state index contributed by atoms with van der Waals surface area (Å²) in [6.07, 6.45) is -2.10. The Morgan fingerprint density at radius 2 is 1.43 bits per heavy atom. The number of halogens is 3. The molecular weight excluding hydrogens is 599 g/mol. The van der Waals surface area contributed by atoms with Crippen LogP contribution < -0.4 is 19.9 Å². The third-order valence-corrected chi connectivity index (χ3v) is 9.79. The van der Waals surface area contributed by atoms with Crippen LogP contribution in [0.15, 0.2) is 66.7 Å². The second-order valence-corrected chi connectivity index (χ2v) is 12.2. The molecule has 2 heterocycles. The van der Waals surface area contributed by atoms with Crippen LogP contribution in [0.4, 0.5) is 13.2 Å². The Balaban J connectivity index is 1.38. The third-order valence-electron chi connectivity index (χ3n) is 9.79. The van der Waals surface area contributed by atoms with Crippen LogP contribution in [-0.4, -0.2) is 75.7 Å². The van der Waals surface area contributed by atoms with Crippen LogP contribution >= 0.6 is 0 Å². The lowest BCUT2D eigenvalue weighted by Gasteiger charge is -2.41. The van der Waals surface area contributed by atoms with E-state index in [1.54, 1.807) is 29.2 Å². The van der Waals surface area contributed by atoms with Gasteiger partial charge < -0.3 is 29.7 Å². The van der Waals surface area contributed by atoms with Gasteiger partial charge in [0.2, 0.25) is 11.7 Å². The zero-order valence-electron chi connectivity index (χ0n) is 26.4. The summed E-state index contributed by atoms with van der Waals surface area (Å²) in [6, 6.07) is 18.1. The molecule has 0 saturated carbocycles. The zero-order valence-corrected chi connectivity index (χ0v) is 26.4. The molecule has 0 aliphatic carbocycles. The number of piperidine rings is 1. The second-order valence-electron chi connectivity index (χ2n) is 12.2. The van der Waals surface area contributed by atoms with Gasteiger partial charge in [-0.1, -0.05) is 42.5 Å². The molecule has 3 aromatic rings. The summed E-state index contributed by atoms with van der Waals surface area (Å²) < 4.78 is 56.6. The first-order valence-electron chi connectivity index (χ1n) is 15.3. The van der Waals surface area contributed by atoms with Gasteiger partial charge in [0.25, 0.3) is 5.91 Å². The quantitative estimate of drug-likeness (QED) is 0.318. The van der Waals surface area contributed by atoms with Gasteiger partial charge in [0, 0.05) is 24.1 Å². The van der Waals surface area contributed by atoms with E-state index in [1.165, 1.54) is 21.3 Å². The Morgan fingerprint density at radius 1 is 0.826 bits per heavy atom. The molecule has 0 radical (unpaired) electrons. The maximum absolute atomic E-state index is 13.8. The number of hydrogen-bond acceptors (Lipinski definition) is 6. The fourth-order valence-electron chi connectivity index (χ4n) is 6.99. The lowest BCUT2D eigenvalue weighted by atomic mass is 9.71. The number of alkyl halides is 3. The van der Waals surface area contributed by atoms with Crippen molar-refractivity contribution in [3.05, 3.63) is 89.0 Å². The van der Waals surface area contributed by atoms with Gasteiger partial charge in [-0.3, -0.25) is 9.59 Å². The largest absolute Gasteiger partial charge is 0.493 e. The lowest BCUT2D eigenvalue weighted by molar-refractivity contribution is -0.137. The van der Waals surface area contributed by atoms with Crippen molar-refractivity contribution in [2.45, 2.75) is 42.7 Å². The van der Waals surface area contributed by atoms with E-state index in [4.69, 9.17) is 19.9 Å². The minimum atomic E-state index is -4.45. The Labute approximate surface area is 267 Å². The standard InChI is InChI=1S/C35H40F3N3O5/c1-44-28-21-24(22-29(45-2)30(28)46-3)31(42)41-20-14-33(23-41,25-9-11-27(12-10-25)35(36,37)38)13-17-40-18-15-34(16-19-40,32(39)43)26-7-5-4-6-8-26/h4-12,21-22H,13-20,23H2,1-3H3,(H2,39,43). The van der Waals surface area contributed by atoms with Gasteiger partial charge >= 0.3 is 6.18 Å². The monoisotopic (exact) mass is 639 g/mol. The average molecular weight is 640 g/mol. The Bertz CT molecular complexity index is 1510. The van der Waals surface area contributed by atoms with Gasteiger partial charge in [-0.2, -0.15) is 13.2 Å². The van der Waals surface area contributed by atoms with Gasteiger partial charge in [-0.15, -0.1) is 0 Å². The van der Waals surface area contributed by atoms with E-state index in [9.17, 15) is 22.8 Å². The second kappa shape index (κ2) is 13.2. The van der Waals surface area contributed by atoms with E-state index in [1.807, 2.05) is 30.3 Å². The molecule has 3 aromatic carbocycles.